The van der Waals surface area contributed by atoms with Crippen LogP contribution < -0.4 is 15.8 Å². The van der Waals surface area contributed by atoms with Gasteiger partial charge in [0.05, 0.1) is 7.11 Å². The predicted molar refractivity (Wildman–Crippen MR) is 69.3 cm³/mol. The molecule has 17 heavy (non-hydrogen) atoms. The standard InChI is InChI=1S/C13H20N2O2/c1-10-9-11(6-7-12(10)17-2)15-13(16)5-3-4-8-14/h6-7,9H,3-5,8,14H2,1-2H3,(H,15,16). The Hall–Kier alpha value is -1.55. The Morgan fingerprint density at radius 1 is 1.41 bits per heavy atom. The summed E-state index contributed by atoms with van der Waals surface area (Å²) in [5, 5.41) is 2.86. The Bertz CT molecular complexity index is 378. The largest absolute Gasteiger partial charge is 0.496 e. The molecule has 0 spiro atoms. The number of aryl methyl sites for hydroxylation is 1. The van der Waals surface area contributed by atoms with E-state index in [9.17, 15) is 4.79 Å². The highest BCUT2D eigenvalue weighted by atomic mass is 16.5. The lowest BCUT2D eigenvalue weighted by Crippen LogP contribution is -2.12. The van der Waals surface area contributed by atoms with E-state index in [-0.39, 0.29) is 5.91 Å². The molecule has 0 aromatic heterocycles. The quantitative estimate of drug-likeness (QED) is 0.743. The molecular formula is C13H20N2O2. The van der Waals surface area contributed by atoms with Gasteiger partial charge in [-0.3, -0.25) is 4.79 Å². The van der Waals surface area contributed by atoms with Crippen molar-refractivity contribution in [2.45, 2.75) is 26.2 Å². The molecule has 1 amide bonds. The van der Waals surface area contributed by atoms with Gasteiger partial charge in [0.1, 0.15) is 5.75 Å². The van der Waals surface area contributed by atoms with Gasteiger partial charge in [-0.2, -0.15) is 0 Å². The summed E-state index contributed by atoms with van der Waals surface area (Å²) in [6.07, 6.45) is 2.23. The van der Waals surface area contributed by atoms with Crippen molar-refractivity contribution in [1.82, 2.24) is 0 Å². The highest BCUT2D eigenvalue weighted by molar-refractivity contribution is 5.90. The molecule has 0 saturated carbocycles. The second-order valence-electron chi connectivity index (χ2n) is 3.98. The van der Waals surface area contributed by atoms with Gasteiger partial charge in [-0.25, -0.2) is 0 Å². The lowest BCUT2D eigenvalue weighted by Gasteiger charge is -2.08. The third-order valence-corrected chi connectivity index (χ3v) is 2.54. The fourth-order valence-electron chi connectivity index (χ4n) is 1.61. The third-order valence-electron chi connectivity index (χ3n) is 2.54. The van der Waals surface area contributed by atoms with Crippen LogP contribution in [0.5, 0.6) is 5.75 Å². The molecule has 0 fully saturated rings. The molecule has 0 atom stereocenters. The van der Waals surface area contributed by atoms with Crippen molar-refractivity contribution >= 4 is 11.6 Å². The van der Waals surface area contributed by atoms with Crippen molar-refractivity contribution in [3.63, 3.8) is 0 Å². The molecule has 1 rings (SSSR count). The van der Waals surface area contributed by atoms with Crippen molar-refractivity contribution in [1.29, 1.82) is 0 Å². The number of anilines is 1. The zero-order valence-corrected chi connectivity index (χ0v) is 10.5. The number of unbranched alkanes of at least 4 members (excludes halogenated alkanes) is 1. The summed E-state index contributed by atoms with van der Waals surface area (Å²) in [6.45, 7) is 2.58. The minimum atomic E-state index is 0.0306. The van der Waals surface area contributed by atoms with E-state index < -0.39 is 0 Å². The lowest BCUT2D eigenvalue weighted by molar-refractivity contribution is -0.116. The Morgan fingerprint density at radius 2 is 2.18 bits per heavy atom. The summed E-state index contributed by atoms with van der Waals surface area (Å²) in [5.74, 6) is 0.856. The average Bonchev–Trinajstić information content (AvgIpc) is 2.29. The normalized spacial score (nSPS) is 10.1. The number of hydrogen-bond donors (Lipinski definition) is 2. The first-order chi connectivity index (χ1) is 8.17. The van der Waals surface area contributed by atoms with Crippen molar-refractivity contribution in [2.75, 3.05) is 19.0 Å². The molecule has 4 heteroatoms. The second kappa shape index (κ2) is 6.91. The molecule has 94 valence electrons. The highest BCUT2D eigenvalue weighted by Gasteiger charge is 2.04. The van der Waals surface area contributed by atoms with Crippen molar-refractivity contribution < 1.29 is 9.53 Å². The van der Waals surface area contributed by atoms with Gasteiger partial charge in [-0.05, 0) is 50.1 Å². The van der Waals surface area contributed by atoms with Crippen LogP contribution in [-0.4, -0.2) is 19.6 Å². The van der Waals surface area contributed by atoms with Crippen molar-refractivity contribution in [2.24, 2.45) is 5.73 Å². The lowest BCUT2D eigenvalue weighted by atomic mass is 10.2. The van der Waals surface area contributed by atoms with E-state index in [0.29, 0.717) is 13.0 Å². The van der Waals surface area contributed by atoms with Gasteiger partial charge in [-0.15, -0.1) is 0 Å². The molecule has 1 aromatic rings. The Kier molecular flexibility index (Phi) is 5.49. The molecule has 3 N–H and O–H groups in total. The van der Waals surface area contributed by atoms with Gasteiger partial charge in [0.15, 0.2) is 0 Å². The number of hydrogen-bond acceptors (Lipinski definition) is 3. The number of rotatable bonds is 6. The smallest absolute Gasteiger partial charge is 0.224 e. The van der Waals surface area contributed by atoms with Crippen LogP contribution in [0, 0.1) is 6.92 Å². The number of nitrogens with one attached hydrogen (secondary N) is 1. The molecule has 0 unspecified atom stereocenters. The minimum absolute atomic E-state index is 0.0306. The van der Waals surface area contributed by atoms with Gasteiger partial charge in [0, 0.05) is 12.1 Å². The maximum Gasteiger partial charge on any atom is 0.224 e. The van der Waals surface area contributed by atoms with Crippen LogP contribution in [0.1, 0.15) is 24.8 Å². The molecule has 0 bridgehead atoms. The Labute approximate surface area is 102 Å². The van der Waals surface area contributed by atoms with E-state index in [1.54, 1.807) is 7.11 Å². The van der Waals surface area contributed by atoms with E-state index >= 15 is 0 Å². The van der Waals surface area contributed by atoms with E-state index in [0.717, 1.165) is 29.8 Å². The maximum atomic E-state index is 11.6. The van der Waals surface area contributed by atoms with Crippen LogP contribution in [0.15, 0.2) is 18.2 Å². The predicted octanol–water partition coefficient (Wildman–Crippen LogP) is 2.07. The fourth-order valence-corrected chi connectivity index (χ4v) is 1.61. The topological polar surface area (TPSA) is 64.3 Å². The summed E-state index contributed by atoms with van der Waals surface area (Å²) in [4.78, 5) is 11.6. The number of methoxy groups -OCH3 is 1. The number of carbonyl (C=O) groups excluding carboxylic acids is 1. The highest BCUT2D eigenvalue weighted by Crippen LogP contribution is 2.21. The number of ether oxygens (including phenoxy) is 1. The van der Waals surface area contributed by atoms with Gasteiger partial charge in [0.25, 0.3) is 0 Å². The molecule has 0 aliphatic rings. The van der Waals surface area contributed by atoms with Crippen LogP contribution in [0.4, 0.5) is 5.69 Å². The number of benzene rings is 1. The van der Waals surface area contributed by atoms with Crippen LogP contribution >= 0.6 is 0 Å². The molecular weight excluding hydrogens is 216 g/mol. The Morgan fingerprint density at radius 3 is 2.76 bits per heavy atom. The van der Waals surface area contributed by atoms with Gasteiger partial charge in [-0.1, -0.05) is 0 Å². The van der Waals surface area contributed by atoms with Crippen LogP contribution in [0.3, 0.4) is 0 Å². The van der Waals surface area contributed by atoms with Crippen molar-refractivity contribution in [3.8, 4) is 5.75 Å². The zero-order valence-electron chi connectivity index (χ0n) is 10.5. The monoisotopic (exact) mass is 236 g/mol. The molecule has 0 aliphatic carbocycles. The molecule has 1 aromatic carbocycles. The minimum Gasteiger partial charge on any atom is -0.496 e. The first-order valence-corrected chi connectivity index (χ1v) is 5.82. The first kappa shape index (κ1) is 13.5. The first-order valence-electron chi connectivity index (χ1n) is 5.82. The van der Waals surface area contributed by atoms with Crippen molar-refractivity contribution in [3.05, 3.63) is 23.8 Å². The molecule has 0 aliphatic heterocycles. The average molecular weight is 236 g/mol. The van der Waals surface area contributed by atoms with Gasteiger partial charge >= 0.3 is 0 Å². The Balaban J connectivity index is 2.51. The number of nitrogens with two attached hydrogens (primary N) is 1. The van der Waals surface area contributed by atoms with E-state index in [2.05, 4.69) is 5.32 Å². The fraction of sp³-hybridized carbons (Fsp3) is 0.462. The number of carbonyl (C=O) groups is 1. The number of amides is 1. The van der Waals surface area contributed by atoms with Gasteiger partial charge < -0.3 is 15.8 Å². The van der Waals surface area contributed by atoms with Gasteiger partial charge in [0.2, 0.25) is 5.91 Å². The van der Waals surface area contributed by atoms with Crippen LogP contribution in [0.25, 0.3) is 0 Å². The summed E-state index contributed by atoms with van der Waals surface area (Å²) < 4.78 is 5.16. The zero-order chi connectivity index (χ0) is 12.7. The summed E-state index contributed by atoms with van der Waals surface area (Å²) in [5.41, 5.74) is 7.19. The summed E-state index contributed by atoms with van der Waals surface area (Å²) >= 11 is 0. The third kappa shape index (κ3) is 4.44. The maximum absolute atomic E-state index is 11.6. The summed E-state index contributed by atoms with van der Waals surface area (Å²) in [7, 11) is 1.63. The van der Waals surface area contributed by atoms with Crippen LogP contribution in [0.2, 0.25) is 0 Å². The van der Waals surface area contributed by atoms with Crippen LogP contribution in [-0.2, 0) is 4.79 Å². The molecule has 4 nitrogen and oxygen atoms in total. The summed E-state index contributed by atoms with van der Waals surface area (Å²) in [6, 6.07) is 5.59. The van der Waals surface area contributed by atoms with E-state index in [1.807, 2.05) is 25.1 Å². The molecule has 0 saturated heterocycles. The second-order valence-corrected chi connectivity index (χ2v) is 3.98. The van der Waals surface area contributed by atoms with E-state index in [1.165, 1.54) is 0 Å². The molecule has 0 heterocycles. The van der Waals surface area contributed by atoms with E-state index in [4.69, 9.17) is 10.5 Å². The molecule has 0 radical (unpaired) electrons. The SMILES string of the molecule is COc1ccc(NC(=O)CCCCN)cc1C.